The van der Waals surface area contributed by atoms with Crippen molar-refractivity contribution in [2.75, 3.05) is 5.32 Å². The van der Waals surface area contributed by atoms with Crippen LogP contribution in [-0.4, -0.2) is 11.0 Å². The number of benzene rings is 2. The summed E-state index contributed by atoms with van der Waals surface area (Å²) in [6.45, 7) is 0.508. The molecule has 4 nitrogen and oxygen atoms in total. The highest BCUT2D eigenvalue weighted by Crippen LogP contribution is 2.19. The molecule has 104 valence electrons. The number of amidine groups is 1. The van der Waals surface area contributed by atoms with Crippen LogP contribution < -0.4 is 11.1 Å². The molecule has 0 atom stereocenters. The number of halogens is 2. The molecule has 0 fully saturated rings. The fourth-order valence-corrected chi connectivity index (χ4v) is 1.96. The van der Waals surface area contributed by atoms with Crippen molar-refractivity contribution in [3.8, 4) is 0 Å². The van der Waals surface area contributed by atoms with Gasteiger partial charge < -0.3 is 16.3 Å². The molecule has 4 N–H and O–H groups in total. The van der Waals surface area contributed by atoms with E-state index in [1.807, 2.05) is 12.1 Å². The number of nitrogens with two attached hydrogens (primary N) is 1. The molecule has 0 bridgehead atoms. The normalized spacial score (nSPS) is 11.4. The largest absolute Gasteiger partial charge is 0.409 e. The first-order chi connectivity index (χ1) is 9.60. The highest BCUT2D eigenvalue weighted by atomic mass is 79.9. The summed E-state index contributed by atoms with van der Waals surface area (Å²) in [5.74, 6) is -0.262. The summed E-state index contributed by atoms with van der Waals surface area (Å²) in [4.78, 5) is 0. The molecule has 2 aromatic rings. The Labute approximate surface area is 124 Å². The van der Waals surface area contributed by atoms with Gasteiger partial charge in [0.1, 0.15) is 5.82 Å². The molecule has 20 heavy (non-hydrogen) atoms. The lowest BCUT2D eigenvalue weighted by Gasteiger charge is -2.08. The molecule has 0 aliphatic carbocycles. The number of nitrogens with zero attached hydrogens (tertiary/aromatic N) is 1. The van der Waals surface area contributed by atoms with E-state index in [0.717, 1.165) is 5.56 Å². The van der Waals surface area contributed by atoms with Gasteiger partial charge in [0.15, 0.2) is 5.84 Å². The van der Waals surface area contributed by atoms with E-state index in [1.165, 1.54) is 6.07 Å². The number of hydrogen-bond acceptors (Lipinski definition) is 3. The molecule has 0 radical (unpaired) electrons. The minimum Gasteiger partial charge on any atom is -0.409 e. The second-order valence-corrected chi connectivity index (χ2v) is 5.02. The maximum atomic E-state index is 13.4. The lowest BCUT2D eigenvalue weighted by atomic mass is 10.1. The van der Waals surface area contributed by atoms with Crippen LogP contribution in [0.3, 0.4) is 0 Å². The first kappa shape index (κ1) is 14.3. The van der Waals surface area contributed by atoms with E-state index >= 15 is 0 Å². The van der Waals surface area contributed by atoms with Gasteiger partial charge >= 0.3 is 0 Å². The standard InChI is InChI=1S/C14H13BrFN3O/c15-12-5-4-11(7-13(12)16)18-8-9-2-1-3-10(6-9)14(17)19-20/h1-7,18,20H,8H2,(H2,17,19). The maximum absolute atomic E-state index is 13.4. The van der Waals surface area contributed by atoms with Crippen molar-refractivity contribution in [1.82, 2.24) is 0 Å². The zero-order valence-electron chi connectivity index (χ0n) is 10.5. The molecule has 0 saturated carbocycles. The van der Waals surface area contributed by atoms with Gasteiger partial charge in [-0.2, -0.15) is 0 Å². The Kier molecular flexibility index (Phi) is 4.57. The molecule has 0 aromatic heterocycles. The van der Waals surface area contributed by atoms with E-state index in [4.69, 9.17) is 10.9 Å². The van der Waals surface area contributed by atoms with E-state index < -0.39 is 0 Å². The van der Waals surface area contributed by atoms with Gasteiger partial charge in [-0.05, 0) is 45.8 Å². The van der Waals surface area contributed by atoms with Gasteiger partial charge in [0.2, 0.25) is 0 Å². The first-order valence-corrected chi connectivity index (χ1v) is 6.65. The van der Waals surface area contributed by atoms with Gasteiger partial charge in [-0.15, -0.1) is 0 Å². The van der Waals surface area contributed by atoms with E-state index in [0.29, 0.717) is 22.3 Å². The molecule has 0 unspecified atom stereocenters. The lowest BCUT2D eigenvalue weighted by molar-refractivity contribution is 0.318. The van der Waals surface area contributed by atoms with Crippen LogP contribution in [0.5, 0.6) is 0 Å². The molecule has 0 amide bonds. The van der Waals surface area contributed by atoms with Crippen LogP contribution in [0.2, 0.25) is 0 Å². The summed E-state index contributed by atoms with van der Waals surface area (Å²) < 4.78 is 13.8. The van der Waals surface area contributed by atoms with Crippen molar-refractivity contribution >= 4 is 27.5 Å². The zero-order valence-corrected chi connectivity index (χ0v) is 12.1. The minimum absolute atomic E-state index is 0.0570. The summed E-state index contributed by atoms with van der Waals surface area (Å²) in [6, 6.07) is 12.1. The van der Waals surface area contributed by atoms with Crippen LogP contribution >= 0.6 is 15.9 Å². The Bertz CT molecular complexity index is 646. The van der Waals surface area contributed by atoms with Crippen LogP contribution in [-0.2, 0) is 6.54 Å². The molecule has 2 rings (SSSR count). The van der Waals surface area contributed by atoms with Crippen LogP contribution in [0.25, 0.3) is 0 Å². The van der Waals surface area contributed by atoms with Crippen molar-refractivity contribution < 1.29 is 9.60 Å². The summed E-state index contributed by atoms with van der Waals surface area (Å²) in [5, 5.41) is 14.7. The Hall–Kier alpha value is -2.08. The lowest BCUT2D eigenvalue weighted by Crippen LogP contribution is -2.13. The Balaban J connectivity index is 2.09. The first-order valence-electron chi connectivity index (χ1n) is 5.86. The molecule has 0 aliphatic rings. The average Bonchev–Trinajstić information content (AvgIpc) is 2.48. The van der Waals surface area contributed by atoms with Crippen LogP contribution in [0.1, 0.15) is 11.1 Å². The SMILES string of the molecule is NC(=NO)c1cccc(CNc2ccc(Br)c(F)c2)c1. The third-order valence-electron chi connectivity index (χ3n) is 2.75. The Morgan fingerprint density at radius 2 is 2.10 bits per heavy atom. The molecule has 2 aromatic carbocycles. The average molecular weight is 338 g/mol. The predicted molar refractivity (Wildman–Crippen MR) is 80.4 cm³/mol. The van der Waals surface area contributed by atoms with Crippen molar-refractivity contribution in [3.63, 3.8) is 0 Å². The van der Waals surface area contributed by atoms with Crippen LogP contribution in [0, 0.1) is 5.82 Å². The van der Waals surface area contributed by atoms with Gasteiger partial charge in [0.05, 0.1) is 4.47 Å². The van der Waals surface area contributed by atoms with Crippen molar-refractivity contribution in [1.29, 1.82) is 0 Å². The van der Waals surface area contributed by atoms with Gasteiger partial charge in [-0.25, -0.2) is 4.39 Å². The summed E-state index contributed by atoms with van der Waals surface area (Å²) >= 11 is 3.11. The predicted octanol–water partition coefficient (Wildman–Crippen LogP) is 3.29. The number of nitrogens with one attached hydrogen (secondary N) is 1. The van der Waals surface area contributed by atoms with Gasteiger partial charge in [-0.3, -0.25) is 0 Å². The highest BCUT2D eigenvalue weighted by Gasteiger charge is 2.02. The van der Waals surface area contributed by atoms with Crippen molar-refractivity contribution in [2.24, 2.45) is 10.9 Å². The number of anilines is 1. The number of rotatable bonds is 4. The quantitative estimate of drug-likeness (QED) is 0.347. The topological polar surface area (TPSA) is 70.6 Å². The number of oxime groups is 1. The molecular weight excluding hydrogens is 325 g/mol. The fraction of sp³-hybridized carbons (Fsp3) is 0.0714. The molecule has 6 heteroatoms. The maximum Gasteiger partial charge on any atom is 0.170 e. The van der Waals surface area contributed by atoms with Gasteiger partial charge in [0, 0.05) is 17.8 Å². The third kappa shape index (κ3) is 3.48. The summed E-state index contributed by atoms with van der Waals surface area (Å²) in [7, 11) is 0. The third-order valence-corrected chi connectivity index (χ3v) is 3.39. The van der Waals surface area contributed by atoms with E-state index in [-0.39, 0.29) is 11.7 Å². The van der Waals surface area contributed by atoms with Crippen LogP contribution in [0.15, 0.2) is 52.1 Å². The molecular formula is C14H13BrFN3O. The zero-order chi connectivity index (χ0) is 14.5. The Morgan fingerprint density at radius 1 is 1.30 bits per heavy atom. The van der Waals surface area contributed by atoms with Gasteiger partial charge in [-0.1, -0.05) is 23.4 Å². The second-order valence-electron chi connectivity index (χ2n) is 4.17. The Morgan fingerprint density at radius 3 is 2.80 bits per heavy atom. The van der Waals surface area contributed by atoms with E-state index in [1.54, 1.807) is 24.3 Å². The van der Waals surface area contributed by atoms with Crippen molar-refractivity contribution in [3.05, 3.63) is 63.9 Å². The van der Waals surface area contributed by atoms with Gasteiger partial charge in [0.25, 0.3) is 0 Å². The number of hydrogen-bond donors (Lipinski definition) is 3. The molecule has 0 aliphatic heterocycles. The minimum atomic E-state index is -0.319. The molecule has 0 saturated heterocycles. The summed E-state index contributed by atoms with van der Waals surface area (Å²) in [5.41, 5.74) is 7.79. The van der Waals surface area contributed by atoms with Crippen molar-refractivity contribution in [2.45, 2.75) is 6.54 Å². The second kappa shape index (κ2) is 6.38. The monoisotopic (exact) mass is 337 g/mol. The smallest absolute Gasteiger partial charge is 0.170 e. The van der Waals surface area contributed by atoms with E-state index in [2.05, 4.69) is 26.4 Å². The summed E-state index contributed by atoms with van der Waals surface area (Å²) in [6.07, 6.45) is 0. The van der Waals surface area contributed by atoms with Crippen LogP contribution in [0.4, 0.5) is 10.1 Å². The fourth-order valence-electron chi connectivity index (χ4n) is 1.71. The van der Waals surface area contributed by atoms with E-state index in [9.17, 15) is 4.39 Å². The molecule has 0 spiro atoms. The highest BCUT2D eigenvalue weighted by molar-refractivity contribution is 9.10. The molecule has 0 heterocycles.